The molecule has 2 heterocycles. The molecule has 0 aliphatic heterocycles. The maximum atomic E-state index is 12.6. The zero-order valence-corrected chi connectivity index (χ0v) is 17.1. The highest BCUT2D eigenvalue weighted by Gasteiger charge is 2.16. The molecule has 0 unspecified atom stereocenters. The molecule has 0 bridgehead atoms. The molecule has 4 rings (SSSR count). The van der Waals surface area contributed by atoms with Crippen molar-refractivity contribution in [2.24, 2.45) is 0 Å². The molecule has 0 saturated carbocycles. The number of aryl methyl sites for hydroxylation is 1. The predicted molar refractivity (Wildman–Crippen MR) is 114 cm³/mol. The molecule has 0 spiro atoms. The molecule has 162 valence electrons. The lowest BCUT2D eigenvalue weighted by molar-refractivity contribution is 0.0946. The van der Waals surface area contributed by atoms with Gasteiger partial charge in [0, 0.05) is 12.2 Å². The van der Waals surface area contributed by atoms with Gasteiger partial charge in [-0.25, -0.2) is 9.67 Å². The molecule has 2 aromatic carbocycles. The molecule has 0 fully saturated rings. The number of hydrogen-bond acceptors (Lipinski definition) is 7. The van der Waals surface area contributed by atoms with E-state index in [1.807, 2.05) is 24.3 Å². The molecule has 10 heteroatoms. The summed E-state index contributed by atoms with van der Waals surface area (Å²) in [6.07, 6.45) is 4.44. The maximum absolute atomic E-state index is 12.6. The van der Waals surface area contributed by atoms with E-state index in [2.05, 4.69) is 25.9 Å². The second-order valence-corrected chi connectivity index (χ2v) is 7.07. The van der Waals surface area contributed by atoms with Gasteiger partial charge < -0.3 is 20.3 Å². The van der Waals surface area contributed by atoms with Crippen LogP contribution in [0.25, 0.3) is 0 Å². The van der Waals surface area contributed by atoms with Gasteiger partial charge in [-0.1, -0.05) is 29.4 Å². The fraction of sp³-hybridized carbons (Fsp3) is 0.136. The van der Waals surface area contributed by atoms with Crippen LogP contribution < -0.4 is 10.6 Å². The number of phenolic OH excluding ortho intramolecular Hbond substituents is 1. The van der Waals surface area contributed by atoms with Gasteiger partial charge in [0.2, 0.25) is 0 Å². The quantitative estimate of drug-likeness (QED) is 0.382. The lowest BCUT2D eigenvalue weighted by Gasteiger charge is -2.10. The van der Waals surface area contributed by atoms with Gasteiger partial charge in [0.1, 0.15) is 29.7 Å². The van der Waals surface area contributed by atoms with Gasteiger partial charge in [0.15, 0.2) is 0 Å². The number of benzene rings is 2. The van der Waals surface area contributed by atoms with Crippen molar-refractivity contribution in [3.05, 3.63) is 89.3 Å². The Labute approximate surface area is 182 Å². The first kappa shape index (κ1) is 20.8. The Morgan fingerprint density at radius 2 is 1.84 bits per heavy atom. The van der Waals surface area contributed by atoms with E-state index in [4.69, 9.17) is 4.52 Å². The molecule has 2 amide bonds. The van der Waals surface area contributed by atoms with Crippen molar-refractivity contribution >= 4 is 17.5 Å². The van der Waals surface area contributed by atoms with Crippen molar-refractivity contribution in [2.75, 3.05) is 5.32 Å². The van der Waals surface area contributed by atoms with E-state index in [1.165, 1.54) is 30.7 Å². The van der Waals surface area contributed by atoms with Gasteiger partial charge in [-0.15, -0.1) is 0 Å². The summed E-state index contributed by atoms with van der Waals surface area (Å²) in [4.78, 5) is 28.8. The van der Waals surface area contributed by atoms with E-state index in [9.17, 15) is 14.7 Å². The van der Waals surface area contributed by atoms with Crippen molar-refractivity contribution in [3.8, 4) is 5.75 Å². The minimum absolute atomic E-state index is 0.0487. The van der Waals surface area contributed by atoms with Gasteiger partial charge in [-0.3, -0.25) is 9.59 Å². The molecule has 0 saturated heterocycles. The maximum Gasteiger partial charge on any atom is 0.260 e. The number of amides is 2. The summed E-state index contributed by atoms with van der Waals surface area (Å²) >= 11 is 0. The number of carbonyl (C=O) groups is 2. The molecule has 0 atom stereocenters. The first-order valence-electron chi connectivity index (χ1n) is 9.73. The van der Waals surface area contributed by atoms with Crippen LogP contribution >= 0.6 is 0 Å². The predicted octanol–water partition coefficient (Wildman–Crippen LogP) is 2.51. The van der Waals surface area contributed by atoms with E-state index in [0.29, 0.717) is 18.0 Å². The molecular weight excluding hydrogens is 412 g/mol. The van der Waals surface area contributed by atoms with Crippen LogP contribution in [0.2, 0.25) is 0 Å². The molecular formula is C22H20N6O4. The summed E-state index contributed by atoms with van der Waals surface area (Å²) in [6.45, 7) is 2.50. The van der Waals surface area contributed by atoms with Crippen LogP contribution in [0.5, 0.6) is 5.75 Å². The first-order valence-corrected chi connectivity index (χ1v) is 9.73. The Kier molecular flexibility index (Phi) is 5.93. The summed E-state index contributed by atoms with van der Waals surface area (Å²) in [5, 5.41) is 23.2. The van der Waals surface area contributed by atoms with E-state index in [1.54, 1.807) is 17.9 Å². The van der Waals surface area contributed by atoms with Crippen LogP contribution in [0.1, 0.15) is 37.6 Å². The van der Waals surface area contributed by atoms with Crippen molar-refractivity contribution in [2.45, 2.75) is 20.0 Å². The number of carbonyl (C=O) groups excluding carboxylic acids is 2. The van der Waals surface area contributed by atoms with Crippen LogP contribution in [0, 0.1) is 6.92 Å². The zero-order chi connectivity index (χ0) is 22.5. The average molecular weight is 432 g/mol. The number of nitrogens with one attached hydrogen (secondary N) is 2. The molecule has 0 aliphatic carbocycles. The van der Waals surface area contributed by atoms with Crippen LogP contribution in [0.4, 0.5) is 5.69 Å². The molecule has 4 aromatic rings. The van der Waals surface area contributed by atoms with Gasteiger partial charge in [-0.05, 0) is 36.2 Å². The normalized spacial score (nSPS) is 10.7. The van der Waals surface area contributed by atoms with E-state index >= 15 is 0 Å². The fourth-order valence-corrected chi connectivity index (χ4v) is 3.05. The van der Waals surface area contributed by atoms with Crippen molar-refractivity contribution in [3.63, 3.8) is 0 Å². The smallest absolute Gasteiger partial charge is 0.260 e. The highest BCUT2D eigenvalue weighted by Crippen LogP contribution is 2.22. The summed E-state index contributed by atoms with van der Waals surface area (Å²) in [5.74, 6) is -0.699. The number of nitrogens with zero attached hydrogens (tertiary/aromatic N) is 4. The van der Waals surface area contributed by atoms with Gasteiger partial charge in [0.25, 0.3) is 11.8 Å². The summed E-state index contributed by atoms with van der Waals surface area (Å²) in [5.41, 5.74) is 2.64. The molecule has 3 N–H and O–H groups in total. The summed E-state index contributed by atoms with van der Waals surface area (Å²) in [7, 11) is 0. The molecule has 0 radical (unpaired) electrons. The van der Waals surface area contributed by atoms with E-state index < -0.39 is 11.8 Å². The third-order valence-electron chi connectivity index (χ3n) is 4.78. The Hall–Kier alpha value is -4.47. The Morgan fingerprint density at radius 3 is 2.53 bits per heavy atom. The van der Waals surface area contributed by atoms with E-state index in [0.717, 1.165) is 11.1 Å². The standard InChI is InChI=1S/C22H20N6O4/c1-14-19(10-26-32-14)22(31)27-17-6-7-20(29)18(8-17)21(30)24-9-15-2-4-16(5-3-15)11-28-13-23-12-25-28/h2-8,10,12-13,29H,9,11H2,1H3,(H,24,30)(H,27,31). The number of anilines is 1. The van der Waals surface area contributed by atoms with Crippen molar-refractivity contribution < 1.29 is 19.2 Å². The van der Waals surface area contributed by atoms with Crippen LogP contribution in [0.15, 0.2) is 65.8 Å². The molecule has 0 aliphatic rings. The van der Waals surface area contributed by atoms with Gasteiger partial charge in [0.05, 0.1) is 18.3 Å². The monoisotopic (exact) mass is 432 g/mol. The molecule has 2 aromatic heterocycles. The second kappa shape index (κ2) is 9.13. The van der Waals surface area contributed by atoms with Crippen LogP contribution in [-0.4, -0.2) is 36.8 Å². The number of hydrogen-bond donors (Lipinski definition) is 3. The number of aromatic nitrogens is 4. The Morgan fingerprint density at radius 1 is 1.06 bits per heavy atom. The lowest BCUT2D eigenvalue weighted by Crippen LogP contribution is -2.23. The number of rotatable bonds is 7. The second-order valence-electron chi connectivity index (χ2n) is 7.07. The summed E-state index contributed by atoms with van der Waals surface area (Å²) in [6, 6.07) is 12.0. The third-order valence-corrected chi connectivity index (χ3v) is 4.78. The Balaban J connectivity index is 1.38. The number of aromatic hydroxyl groups is 1. The highest BCUT2D eigenvalue weighted by atomic mass is 16.5. The first-order chi connectivity index (χ1) is 15.5. The Bertz CT molecular complexity index is 1230. The highest BCUT2D eigenvalue weighted by molar-refractivity contribution is 6.05. The van der Waals surface area contributed by atoms with Crippen molar-refractivity contribution in [1.29, 1.82) is 0 Å². The topological polar surface area (TPSA) is 135 Å². The van der Waals surface area contributed by atoms with Gasteiger partial charge >= 0.3 is 0 Å². The minimum atomic E-state index is -0.466. The molecule has 10 nitrogen and oxygen atoms in total. The fourth-order valence-electron chi connectivity index (χ4n) is 3.05. The average Bonchev–Trinajstić information content (AvgIpc) is 3.46. The zero-order valence-electron chi connectivity index (χ0n) is 17.1. The lowest BCUT2D eigenvalue weighted by atomic mass is 10.1. The largest absolute Gasteiger partial charge is 0.507 e. The molecule has 32 heavy (non-hydrogen) atoms. The van der Waals surface area contributed by atoms with Crippen LogP contribution in [0.3, 0.4) is 0 Å². The van der Waals surface area contributed by atoms with E-state index in [-0.39, 0.29) is 23.4 Å². The van der Waals surface area contributed by atoms with Crippen LogP contribution in [-0.2, 0) is 13.1 Å². The minimum Gasteiger partial charge on any atom is -0.507 e. The van der Waals surface area contributed by atoms with Gasteiger partial charge in [-0.2, -0.15) is 5.10 Å². The van der Waals surface area contributed by atoms with Crippen molar-refractivity contribution in [1.82, 2.24) is 25.2 Å². The number of phenols is 1. The SMILES string of the molecule is Cc1oncc1C(=O)Nc1ccc(O)c(C(=O)NCc2ccc(Cn3cncn3)cc2)c1. The summed E-state index contributed by atoms with van der Waals surface area (Å²) < 4.78 is 6.61. The third kappa shape index (κ3) is 4.81.